The Bertz CT molecular complexity index is 154. The fourth-order valence-electron chi connectivity index (χ4n) is 2.59. The van der Waals surface area contributed by atoms with Crippen molar-refractivity contribution >= 4 is 0 Å². The molecule has 0 bridgehead atoms. The van der Waals surface area contributed by atoms with Crippen molar-refractivity contribution in [1.29, 1.82) is 0 Å². The van der Waals surface area contributed by atoms with Gasteiger partial charge in [0, 0.05) is 12.6 Å². The first-order valence-corrected chi connectivity index (χ1v) is 5.72. The summed E-state index contributed by atoms with van der Waals surface area (Å²) in [7, 11) is 0. The van der Waals surface area contributed by atoms with Gasteiger partial charge in [-0.25, -0.2) is 0 Å². The number of hydrogen-bond donors (Lipinski definition) is 0. The van der Waals surface area contributed by atoms with Crippen molar-refractivity contribution in [2.45, 2.75) is 51.2 Å². The average molecular weight is 183 g/mol. The lowest BCUT2D eigenvalue weighted by Gasteiger charge is -2.38. The third-order valence-corrected chi connectivity index (χ3v) is 3.36. The van der Waals surface area contributed by atoms with Crippen molar-refractivity contribution < 1.29 is 4.74 Å². The standard InChI is InChI=1S/C11H21NO/c1-10-9-11(5-8-13-10)12-6-3-2-4-7-12/h10-11H,2-9H2,1H3. The van der Waals surface area contributed by atoms with E-state index < -0.39 is 0 Å². The Kier molecular flexibility index (Phi) is 3.23. The molecule has 2 atom stereocenters. The lowest BCUT2D eigenvalue weighted by Crippen LogP contribution is -2.44. The SMILES string of the molecule is CC1CC(N2CCCCC2)CCO1. The van der Waals surface area contributed by atoms with E-state index in [4.69, 9.17) is 4.74 Å². The van der Waals surface area contributed by atoms with Gasteiger partial charge in [0.05, 0.1) is 6.10 Å². The second-order valence-corrected chi connectivity index (χ2v) is 4.46. The first-order chi connectivity index (χ1) is 6.36. The van der Waals surface area contributed by atoms with E-state index in [1.807, 2.05) is 0 Å². The van der Waals surface area contributed by atoms with Crippen molar-refractivity contribution in [2.75, 3.05) is 19.7 Å². The first kappa shape index (κ1) is 9.47. The molecular formula is C11H21NO. The van der Waals surface area contributed by atoms with Crippen LogP contribution < -0.4 is 0 Å². The second kappa shape index (κ2) is 4.43. The highest BCUT2D eigenvalue weighted by molar-refractivity contribution is 4.79. The van der Waals surface area contributed by atoms with Crippen LogP contribution in [-0.4, -0.2) is 36.7 Å². The molecule has 0 saturated carbocycles. The Labute approximate surface area is 81.3 Å². The molecule has 0 amide bonds. The molecule has 0 aliphatic carbocycles. The van der Waals surface area contributed by atoms with Gasteiger partial charge in [-0.15, -0.1) is 0 Å². The van der Waals surface area contributed by atoms with Gasteiger partial charge < -0.3 is 9.64 Å². The van der Waals surface area contributed by atoms with Crippen molar-refractivity contribution in [3.8, 4) is 0 Å². The number of rotatable bonds is 1. The predicted octanol–water partition coefficient (Wildman–Crippen LogP) is 2.04. The molecule has 13 heavy (non-hydrogen) atoms. The summed E-state index contributed by atoms with van der Waals surface area (Å²) in [6.45, 7) is 5.84. The van der Waals surface area contributed by atoms with Crippen LogP contribution in [-0.2, 0) is 4.74 Å². The van der Waals surface area contributed by atoms with E-state index in [1.165, 1.54) is 45.2 Å². The minimum Gasteiger partial charge on any atom is -0.378 e. The van der Waals surface area contributed by atoms with E-state index in [0.29, 0.717) is 6.10 Å². The van der Waals surface area contributed by atoms with Crippen molar-refractivity contribution in [3.63, 3.8) is 0 Å². The maximum Gasteiger partial charge on any atom is 0.0561 e. The van der Waals surface area contributed by atoms with Gasteiger partial charge in [-0.3, -0.25) is 0 Å². The van der Waals surface area contributed by atoms with Gasteiger partial charge in [-0.1, -0.05) is 6.42 Å². The summed E-state index contributed by atoms with van der Waals surface area (Å²) >= 11 is 0. The maximum absolute atomic E-state index is 5.57. The third-order valence-electron chi connectivity index (χ3n) is 3.36. The van der Waals surface area contributed by atoms with Crippen LogP contribution in [0.15, 0.2) is 0 Å². The second-order valence-electron chi connectivity index (χ2n) is 4.46. The zero-order valence-electron chi connectivity index (χ0n) is 8.67. The molecular weight excluding hydrogens is 162 g/mol. The van der Waals surface area contributed by atoms with Gasteiger partial charge >= 0.3 is 0 Å². The van der Waals surface area contributed by atoms with Crippen LogP contribution in [0.4, 0.5) is 0 Å². The summed E-state index contributed by atoms with van der Waals surface area (Å²) in [4.78, 5) is 2.68. The Hall–Kier alpha value is -0.0800. The van der Waals surface area contributed by atoms with Crippen LogP contribution in [0.2, 0.25) is 0 Å². The number of ether oxygens (including phenoxy) is 1. The number of nitrogens with zero attached hydrogens (tertiary/aromatic N) is 1. The van der Waals surface area contributed by atoms with Crippen molar-refractivity contribution in [3.05, 3.63) is 0 Å². The third kappa shape index (κ3) is 2.44. The molecule has 0 aromatic rings. The van der Waals surface area contributed by atoms with E-state index in [-0.39, 0.29) is 0 Å². The highest BCUT2D eigenvalue weighted by Gasteiger charge is 2.25. The fraction of sp³-hybridized carbons (Fsp3) is 1.00. The highest BCUT2D eigenvalue weighted by atomic mass is 16.5. The fourth-order valence-corrected chi connectivity index (χ4v) is 2.59. The molecule has 0 radical (unpaired) electrons. The summed E-state index contributed by atoms with van der Waals surface area (Å²) in [6.07, 6.45) is 7.25. The number of piperidine rings is 1. The van der Waals surface area contributed by atoms with Gasteiger partial charge in [0.15, 0.2) is 0 Å². The molecule has 2 fully saturated rings. The lowest BCUT2D eigenvalue weighted by molar-refractivity contribution is -0.0212. The smallest absolute Gasteiger partial charge is 0.0561 e. The van der Waals surface area contributed by atoms with E-state index >= 15 is 0 Å². The minimum atomic E-state index is 0.487. The summed E-state index contributed by atoms with van der Waals surface area (Å²) in [6, 6.07) is 0.823. The zero-order valence-corrected chi connectivity index (χ0v) is 8.67. The van der Waals surface area contributed by atoms with Crippen molar-refractivity contribution in [1.82, 2.24) is 4.90 Å². The Balaban J connectivity index is 1.83. The molecule has 2 rings (SSSR count). The van der Waals surface area contributed by atoms with Crippen LogP contribution in [0.1, 0.15) is 39.0 Å². The minimum absolute atomic E-state index is 0.487. The van der Waals surface area contributed by atoms with Gasteiger partial charge in [0.2, 0.25) is 0 Å². The topological polar surface area (TPSA) is 12.5 Å². The summed E-state index contributed by atoms with van der Waals surface area (Å²) in [5.41, 5.74) is 0. The molecule has 2 aliphatic rings. The Morgan fingerprint density at radius 3 is 2.62 bits per heavy atom. The van der Waals surface area contributed by atoms with Crippen LogP contribution in [0.5, 0.6) is 0 Å². The maximum atomic E-state index is 5.57. The first-order valence-electron chi connectivity index (χ1n) is 5.72. The zero-order chi connectivity index (χ0) is 9.10. The largest absolute Gasteiger partial charge is 0.378 e. The molecule has 2 aliphatic heterocycles. The predicted molar refractivity (Wildman–Crippen MR) is 53.9 cm³/mol. The van der Waals surface area contributed by atoms with Gasteiger partial charge in [0.1, 0.15) is 0 Å². The van der Waals surface area contributed by atoms with E-state index in [2.05, 4.69) is 11.8 Å². The van der Waals surface area contributed by atoms with Crippen LogP contribution in [0.3, 0.4) is 0 Å². The van der Waals surface area contributed by atoms with Crippen LogP contribution in [0.25, 0.3) is 0 Å². The molecule has 2 saturated heterocycles. The Morgan fingerprint density at radius 1 is 1.15 bits per heavy atom. The van der Waals surface area contributed by atoms with E-state index in [9.17, 15) is 0 Å². The normalized spacial score (nSPS) is 37.6. The van der Waals surface area contributed by atoms with Gasteiger partial charge in [-0.2, -0.15) is 0 Å². The summed E-state index contributed by atoms with van der Waals surface area (Å²) < 4.78 is 5.57. The monoisotopic (exact) mass is 183 g/mol. The molecule has 76 valence electrons. The highest BCUT2D eigenvalue weighted by Crippen LogP contribution is 2.22. The molecule has 0 aromatic carbocycles. The molecule has 2 heterocycles. The molecule has 2 nitrogen and oxygen atoms in total. The van der Waals surface area contributed by atoms with Crippen LogP contribution >= 0.6 is 0 Å². The molecule has 2 unspecified atom stereocenters. The van der Waals surface area contributed by atoms with E-state index in [1.54, 1.807) is 0 Å². The van der Waals surface area contributed by atoms with Gasteiger partial charge in [0.25, 0.3) is 0 Å². The quantitative estimate of drug-likeness (QED) is 0.617. The van der Waals surface area contributed by atoms with E-state index in [0.717, 1.165) is 12.6 Å². The molecule has 2 heteroatoms. The van der Waals surface area contributed by atoms with Crippen LogP contribution in [0, 0.1) is 0 Å². The van der Waals surface area contributed by atoms with Crippen molar-refractivity contribution in [2.24, 2.45) is 0 Å². The van der Waals surface area contributed by atoms with Gasteiger partial charge in [-0.05, 0) is 45.7 Å². The Morgan fingerprint density at radius 2 is 1.92 bits per heavy atom. The lowest BCUT2D eigenvalue weighted by atomic mass is 9.99. The number of hydrogen-bond acceptors (Lipinski definition) is 2. The molecule has 0 spiro atoms. The molecule has 0 N–H and O–H groups in total. The number of likely N-dealkylation sites (tertiary alicyclic amines) is 1. The average Bonchev–Trinajstić information content (AvgIpc) is 2.19. The molecule has 0 aromatic heterocycles. The summed E-state index contributed by atoms with van der Waals surface area (Å²) in [5, 5.41) is 0. The summed E-state index contributed by atoms with van der Waals surface area (Å²) in [5.74, 6) is 0.